The van der Waals surface area contributed by atoms with Gasteiger partial charge in [0, 0.05) is 0 Å². The molecule has 0 amide bonds. The van der Waals surface area contributed by atoms with Crippen LogP contribution in [0.2, 0.25) is 12.1 Å². The van der Waals surface area contributed by atoms with E-state index in [0.29, 0.717) is 0 Å². The minimum absolute atomic E-state index is 0.314. The molecule has 1 aliphatic rings. The summed E-state index contributed by atoms with van der Waals surface area (Å²) >= 11 is 0. The fourth-order valence-electron chi connectivity index (χ4n) is 3.36. The molecule has 20 heavy (non-hydrogen) atoms. The molecular formula is C17H23NSi2. The van der Waals surface area contributed by atoms with Gasteiger partial charge >= 0.3 is 0 Å². The molecule has 0 aromatic heterocycles. The summed E-state index contributed by atoms with van der Waals surface area (Å²) in [5.74, 6) is 0. The fourth-order valence-corrected chi connectivity index (χ4v) is 11.8. The van der Waals surface area contributed by atoms with Gasteiger partial charge in [-0.1, -0.05) is 73.6 Å². The van der Waals surface area contributed by atoms with Gasteiger partial charge in [0.15, 0.2) is 8.24 Å². The Bertz CT molecular complexity index is 599. The molecule has 0 saturated carbocycles. The molecule has 0 N–H and O–H groups in total. The van der Waals surface area contributed by atoms with E-state index in [1.54, 1.807) is 10.4 Å². The zero-order chi connectivity index (χ0) is 14.2. The Morgan fingerprint density at radius 1 is 1.05 bits per heavy atom. The summed E-state index contributed by atoms with van der Waals surface area (Å²) < 4.78 is 2.88. The van der Waals surface area contributed by atoms with E-state index in [1.807, 2.05) is 0 Å². The Morgan fingerprint density at radius 3 is 2.35 bits per heavy atom. The minimum atomic E-state index is -1.42. The zero-order valence-corrected chi connectivity index (χ0v) is 15.0. The Hall–Kier alpha value is -1.17. The fraction of sp³-hybridized carbons (Fsp3) is 0.294. The number of aryl methyl sites for hydroxylation is 1. The van der Waals surface area contributed by atoms with Crippen LogP contribution in [0.1, 0.15) is 12.5 Å². The maximum absolute atomic E-state index is 2.88. The Morgan fingerprint density at radius 2 is 1.70 bits per heavy atom. The van der Waals surface area contributed by atoms with Crippen LogP contribution in [0.4, 0.5) is 0 Å². The Labute approximate surface area is 125 Å². The second-order valence-electron chi connectivity index (χ2n) is 6.22. The summed E-state index contributed by atoms with van der Waals surface area (Å²) in [6.45, 7) is 8.56. The molecule has 0 bridgehead atoms. The smallest absolute Gasteiger partial charge is 0.154 e. The summed E-state index contributed by atoms with van der Waals surface area (Å²) in [6, 6.07) is 20.2. The largest absolute Gasteiger partial charge is 0.343 e. The lowest BCUT2D eigenvalue weighted by Crippen LogP contribution is -2.75. The van der Waals surface area contributed by atoms with E-state index in [-0.39, 0.29) is 9.68 Å². The molecule has 0 aliphatic carbocycles. The molecule has 2 aromatic carbocycles. The summed E-state index contributed by atoms with van der Waals surface area (Å²) in [5, 5.41) is 3.23. The molecule has 1 heterocycles. The molecule has 104 valence electrons. The van der Waals surface area contributed by atoms with E-state index >= 15 is 0 Å². The van der Waals surface area contributed by atoms with Crippen molar-refractivity contribution in [2.45, 2.75) is 25.9 Å². The molecule has 2 atom stereocenters. The second-order valence-corrected chi connectivity index (χ2v) is 13.2. The van der Waals surface area contributed by atoms with Gasteiger partial charge < -0.3 is 4.23 Å². The molecule has 2 aromatic rings. The van der Waals surface area contributed by atoms with Crippen LogP contribution in [-0.4, -0.2) is 28.7 Å². The highest BCUT2D eigenvalue weighted by atomic mass is 28.4. The summed E-state index contributed by atoms with van der Waals surface area (Å²) in [7, 11) is -1.73. The van der Waals surface area contributed by atoms with E-state index in [1.165, 1.54) is 12.1 Å². The number of nitrogens with zero attached hydrogens (tertiary/aromatic N) is 1. The first-order valence-electron chi connectivity index (χ1n) is 7.47. The molecule has 0 spiro atoms. The molecule has 1 saturated heterocycles. The summed E-state index contributed by atoms with van der Waals surface area (Å²) in [5.41, 5.74) is 2.35. The van der Waals surface area contributed by atoms with Crippen molar-refractivity contribution >= 4 is 28.3 Å². The highest BCUT2D eigenvalue weighted by Crippen LogP contribution is 2.35. The Kier molecular flexibility index (Phi) is 3.67. The van der Waals surface area contributed by atoms with Crippen LogP contribution < -0.4 is 10.4 Å². The van der Waals surface area contributed by atoms with Crippen molar-refractivity contribution in [3.63, 3.8) is 0 Å². The maximum Gasteiger partial charge on any atom is 0.154 e. The predicted octanol–water partition coefficient (Wildman–Crippen LogP) is 1.89. The van der Waals surface area contributed by atoms with Gasteiger partial charge in [0.25, 0.3) is 0 Å². The van der Waals surface area contributed by atoms with Crippen molar-refractivity contribution in [3.8, 4) is 0 Å². The monoisotopic (exact) mass is 297 g/mol. The van der Waals surface area contributed by atoms with Crippen LogP contribution in [0, 0.1) is 6.92 Å². The topological polar surface area (TPSA) is 3.24 Å². The van der Waals surface area contributed by atoms with Crippen LogP contribution >= 0.6 is 0 Å². The molecule has 3 rings (SSSR count). The van der Waals surface area contributed by atoms with Gasteiger partial charge in [-0.3, -0.25) is 0 Å². The van der Waals surface area contributed by atoms with Crippen LogP contribution in [0.3, 0.4) is 0 Å². The lowest BCUT2D eigenvalue weighted by molar-refractivity contribution is 0.516. The molecule has 0 radical (unpaired) electrons. The number of rotatable bonds is 3. The third-order valence-corrected chi connectivity index (χ3v) is 14.4. The zero-order valence-electron chi connectivity index (χ0n) is 12.6. The van der Waals surface area contributed by atoms with Crippen LogP contribution in [-0.2, 0) is 0 Å². The quantitative estimate of drug-likeness (QED) is 0.782. The second kappa shape index (κ2) is 5.32. The summed E-state index contributed by atoms with van der Waals surface area (Å²) in [6.07, 6.45) is 0. The van der Waals surface area contributed by atoms with Crippen LogP contribution in [0.25, 0.3) is 0 Å². The standard InChI is InChI=1S/C17H23NSi2/c1-14-9-7-8-12-17(14)19-18-13-15(2)20(18,3)16-10-5-4-6-11-16/h4-12,15H,13,19H2,1-3H3. The third kappa shape index (κ3) is 2.20. The van der Waals surface area contributed by atoms with Gasteiger partial charge in [-0.25, -0.2) is 0 Å². The lowest BCUT2D eigenvalue weighted by atomic mass is 10.2. The summed E-state index contributed by atoms with van der Waals surface area (Å²) in [4.78, 5) is 0. The Balaban J connectivity index is 1.87. The minimum Gasteiger partial charge on any atom is -0.343 e. The first-order chi connectivity index (χ1) is 9.62. The van der Waals surface area contributed by atoms with Gasteiger partial charge in [0.1, 0.15) is 9.68 Å². The first-order valence-corrected chi connectivity index (χ1v) is 11.3. The highest BCUT2D eigenvalue weighted by Gasteiger charge is 2.50. The molecule has 1 nitrogen and oxygen atoms in total. The third-order valence-electron chi connectivity index (χ3n) is 5.09. The van der Waals surface area contributed by atoms with E-state index in [0.717, 1.165) is 5.54 Å². The van der Waals surface area contributed by atoms with Crippen molar-refractivity contribution in [1.29, 1.82) is 0 Å². The van der Waals surface area contributed by atoms with Crippen molar-refractivity contribution in [3.05, 3.63) is 60.2 Å². The van der Waals surface area contributed by atoms with Gasteiger partial charge in [0.2, 0.25) is 0 Å². The van der Waals surface area contributed by atoms with Crippen LogP contribution in [0.15, 0.2) is 54.6 Å². The molecule has 2 unspecified atom stereocenters. The first kappa shape index (κ1) is 13.8. The molecule has 1 fully saturated rings. The van der Waals surface area contributed by atoms with E-state index in [2.05, 4.69) is 79.2 Å². The number of hydrogen-bond donors (Lipinski definition) is 0. The average Bonchev–Trinajstić information content (AvgIpc) is 2.49. The van der Waals surface area contributed by atoms with Crippen molar-refractivity contribution < 1.29 is 0 Å². The highest BCUT2D eigenvalue weighted by molar-refractivity contribution is 6.96. The number of hydrogen-bond acceptors (Lipinski definition) is 1. The van der Waals surface area contributed by atoms with Crippen molar-refractivity contribution in [2.75, 3.05) is 6.54 Å². The lowest BCUT2D eigenvalue weighted by Gasteiger charge is -2.55. The van der Waals surface area contributed by atoms with Gasteiger partial charge in [0.05, 0.1) is 0 Å². The SMILES string of the molecule is Cc1ccccc1[SiH2]N1CC(C)[Si]1(C)c1ccccc1. The van der Waals surface area contributed by atoms with Crippen molar-refractivity contribution in [2.24, 2.45) is 0 Å². The number of benzene rings is 2. The molecular weight excluding hydrogens is 274 g/mol. The van der Waals surface area contributed by atoms with Crippen LogP contribution in [0.5, 0.6) is 0 Å². The van der Waals surface area contributed by atoms with E-state index in [4.69, 9.17) is 0 Å². The van der Waals surface area contributed by atoms with E-state index < -0.39 is 8.24 Å². The van der Waals surface area contributed by atoms with E-state index in [9.17, 15) is 0 Å². The average molecular weight is 298 g/mol. The van der Waals surface area contributed by atoms with Gasteiger partial charge in [-0.05, 0) is 29.4 Å². The normalized spacial score (nSPS) is 26.9. The maximum atomic E-state index is 2.88. The predicted molar refractivity (Wildman–Crippen MR) is 93.2 cm³/mol. The molecule has 1 aliphatic heterocycles. The van der Waals surface area contributed by atoms with Gasteiger partial charge in [-0.15, -0.1) is 0 Å². The molecule has 3 heteroatoms. The van der Waals surface area contributed by atoms with Crippen molar-refractivity contribution in [1.82, 2.24) is 4.23 Å². The van der Waals surface area contributed by atoms with Gasteiger partial charge in [-0.2, -0.15) is 0 Å².